The third-order valence-electron chi connectivity index (χ3n) is 8.58. The van der Waals surface area contributed by atoms with E-state index < -0.39 is 38.2 Å². The molecule has 1 fully saturated rings. The number of benzene rings is 4. The number of carbonyl (C=O) groups is 2. The van der Waals surface area contributed by atoms with Crippen molar-refractivity contribution in [2.24, 2.45) is 0 Å². The van der Waals surface area contributed by atoms with Crippen LogP contribution in [0.2, 0.25) is 0 Å². The quantitative estimate of drug-likeness (QED) is 0.219. The zero-order chi connectivity index (χ0) is 34.4. The number of rotatable bonds is 7. The summed E-state index contributed by atoms with van der Waals surface area (Å²) in [6, 6.07) is 24.0. The average Bonchev–Trinajstić information content (AvgIpc) is 3.30. The minimum Gasteiger partial charge on any atom is -0.283 e. The molecule has 4 aromatic rings. The lowest BCUT2D eigenvalue weighted by atomic mass is 10.1. The van der Waals surface area contributed by atoms with Gasteiger partial charge in [-0.25, -0.2) is 35.0 Å². The summed E-state index contributed by atoms with van der Waals surface area (Å²) in [7, 11) is -8.58. The Morgan fingerprint density at radius 1 is 0.542 bits per heavy atom. The second kappa shape index (κ2) is 12.6. The maximum atomic E-state index is 14.6. The summed E-state index contributed by atoms with van der Waals surface area (Å²) in [4.78, 5) is 31.4. The molecule has 0 saturated carbocycles. The second-order valence-corrected chi connectivity index (χ2v) is 15.8. The fraction of sp³-hybridized carbons (Fsp3) is 0.222. The molecule has 0 N–H and O–H groups in total. The molecule has 248 valence electrons. The maximum Gasteiger partial charge on any atom is 0.342 e. The Morgan fingerprint density at radius 2 is 0.958 bits per heavy atom. The Labute approximate surface area is 281 Å². The van der Waals surface area contributed by atoms with Gasteiger partial charge in [-0.15, -0.1) is 0 Å². The summed E-state index contributed by atoms with van der Waals surface area (Å²) >= 11 is 0. The number of hydrogen-bond donors (Lipinski definition) is 0. The molecule has 12 heteroatoms. The molecule has 0 aromatic heterocycles. The molecule has 10 nitrogen and oxygen atoms in total. The van der Waals surface area contributed by atoms with Crippen molar-refractivity contribution in [2.45, 2.75) is 49.9 Å². The van der Waals surface area contributed by atoms with Crippen LogP contribution in [0.15, 0.2) is 119 Å². The molecular weight excluding hydrogens is 649 g/mol. The van der Waals surface area contributed by atoms with E-state index in [1.807, 2.05) is 39.8 Å². The molecule has 1 saturated heterocycles. The number of nitrogens with zero attached hydrogens (tertiary/aromatic N) is 4. The van der Waals surface area contributed by atoms with E-state index in [1.54, 1.807) is 66.7 Å². The predicted octanol–water partition coefficient (Wildman–Crippen LogP) is 6.52. The minimum absolute atomic E-state index is 0.0264. The topological polar surface area (TPSA) is 115 Å². The van der Waals surface area contributed by atoms with E-state index in [2.05, 4.69) is 0 Å². The van der Waals surface area contributed by atoms with Gasteiger partial charge in [0.15, 0.2) is 0 Å². The highest BCUT2D eigenvalue weighted by molar-refractivity contribution is 7.90. The van der Waals surface area contributed by atoms with Gasteiger partial charge >= 0.3 is 12.1 Å². The molecule has 0 radical (unpaired) electrons. The average molecular weight is 685 g/mol. The second-order valence-electron chi connectivity index (χ2n) is 12.1. The van der Waals surface area contributed by atoms with Crippen LogP contribution in [0.3, 0.4) is 0 Å². The van der Waals surface area contributed by atoms with Crippen LogP contribution in [0, 0.1) is 27.7 Å². The number of anilines is 2. The first-order valence-corrected chi connectivity index (χ1v) is 18.4. The summed E-state index contributed by atoms with van der Waals surface area (Å²) < 4.78 is 57.6. The van der Waals surface area contributed by atoms with Crippen molar-refractivity contribution in [3.05, 3.63) is 131 Å². The van der Waals surface area contributed by atoms with Gasteiger partial charge in [0, 0.05) is 17.9 Å². The molecule has 6 rings (SSSR count). The third-order valence-corrected chi connectivity index (χ3v) is 12.1. The van der Waals surface area contributed by atoms with E-state index >= 15 is 0 Å². The van der Waals surface area contributed by atoms with Gasteiger partial charge < -0.3 is 0 Å². The number of hydrogen-bond acceptors (Lipinski definition) is 6. The molecule has 1 unspecified atom stereocenters. The van der Waals surface area contributed by atoms with Crippen molar-refractivity contribution < 1.29 is 26.4 Å². The van der Waals surface area contributed by atoms with E-state index in [9.17, 15) is 26.4 Å². The molecule has 1 atom stereocenters. The first-order valence-electron chi connectivity index (χ1n) is 15.5. The van der Waals surface area contributed by atoms with Gasteiger partial charge in [0.25, 0.3) is 20.0 Å². The van der Waals surface area contributed by atoms with Crippen molar-refractivity contribution in [1.82, 2.24) is 8.61 Å². The molecule has 2 aliphatic rings. The van der Waals surface area contributed by atoms with Crippen molar-refractivity contribution >= 4 is 43.5 Å². The fourth-order valence-electron chi connectivity index (χ4n) is 5.87. The van der Waals surface area contributed by atoms with Crippen LogP contribution in [0.25, 0.3) is 0 Å². The fourth-order valence-corrected chi connectivity index (χ4v) is 8.60. The highest BCUT2D eigenvalue weighted by atomic mass is 32.2. The van der Waals surface area contributed by atoms with Crippen LogP contribution >= 0.6 is 0 Å². The summed E-state index contributed by atoms with van der Waals surface area (Å²) in [6.07, 6.45) is 1.86. The molecule has 4 amide bonds. The van der Waals surface area contributed by atoms with Crippen molar-refractivity contribution in [2.75, 3.05) is 22.9 Å². The van der Waals surface area contributed by atoms with Gasteiger partial charge in [0.1, 0.15) is 0 Å². The molecular formula is C36H36N4O6S2. The molecule has 4 aromatic carbocycles. The van der Waals surface area contributed by atoms with E-state index in [0.29, 0.717) is 17.1 Å². The van der Waals surface area contributed by atoms with Crippen LogP contribution in [0.5, 0.6) is 0 Å². The number of sulfonamides is 2. The number of carbonyl (C=O) groups excluding carboxylic acids is 2. The summed E-state index contributed by atoms with van der Waals surface area (Å²) in [5.41, 5.74) is 4.69. The Balaban J connectivity index is 1.49. The first-order chi connectivity index (χ1) is 22.8. The van der Waals surface area contributed by atoms with Crippen LogP contribution in [0.1, 0.15) is 28.7 Å². The summed E-state index contributed by atoms with van der Waals surface area (Å²) in [5.74, 6) is 0. The van der Waals surface area contributed by atoms with Gasteiger partial charge in [0.2, 0.25) is 0 Å². The smallest absolute Gasteiger partial charge is 0.283 e. The van der Waals surface area contributed by atoms with Crippen molar-refractivity contribution in [1.29, 1.82) is 0 Å². The number of urea groups is 2. The normalized spacial score (nSPS) is 17.5. The van der Waals surface area contributed by atoms with Crippen LogP contribution < -0.4 is 9.80 Å². The molecule has 2 aliphatic heterocycles. The molecule has 2 heterocycles. The lowest BCUT2D eigenvalue weighted by molar-refractivity contribution is 0.231. The standard InChI is InChI=1S/C36H36N4O6S2/c1-25-7-15-29(16-8-25)39-33(6-5-23-37(35(39)41)47(43,44)31-19-11-27(3)12-20-31)34-24-38(48(45,46)32-21-13-28(4)14-22-32)36(42)40(34)30-17-9-26(2)10-18-30/h6-22,34H,5,23-24H2,1-4H3. The third kappa shape index (κ3) is 5.97. The van der Waals surface area contributed by atoms with Gasteiger partial charge in [-0.3, -0.25) is 9.80 Å². The van der Waals surface area contributed by atoms with Gasteiger partial charge in [-0.1, -0.05) is 76.9 Å². The summed E-state index contributed by atoms with van der Waals surface area (Å²) in [5, 5.41) is 0. The molecule has 0 spiro atoms. The SMILES string of the molecule is Cc1ccc(N2C(=O)N(S(=O)(=O)c3ccc(C)cc3)CCC=C2C2CN(S(=O)(=O)c3ccc(C)cc3)C(=O)N2c2ccc(C)cc2)cc1. The Morgan fingerprint density at radius 3 is 1.44 bits per heavy atom. The number of aryl methyl sites for hydroxylation is 4. The maximum absolute atomic E-state index is 14.6. The largest absolute Gasteiger partial charge is 0.342 e. The summed E-state index contributed by atoms with van der Waals surface area (Å²) in [6.45, 7) is 7.00. The van der Waals surface area contributed by atoms with E-state index in [1.165, 1.54) is 34.1 Å². The van der Waals surface area contributed by atoms with Crippen LogP contribution in [-0.4, -0.2) is 56.6 Å². The Bertz CT molecular complexity index is 2110. The lowest BCUT2D eigenvalue weighted by Crippen LogP contribution is -2.49. The van der Waals surface area contributed by atoms with Crippen LogP contribution in [-0.2, 0) is 20.0 Å². The monoisotopic (exact) mass is 684 g/mol. The van der Waals surface area contributed by atoms with E-state index in [-0.39, 0.29) is 29.3 Å². The van der Waals surface area contributed by atoms with Crippen molar-refractivity contribution in [3.8, 4) is 0 Å². The highest BCUT2D eigenvalue weighted by Gasteiger charge is 2.49. The minimum atomic E-state index is -4.30. The zero-order valence-corrected chi connectivity index (χ0v) is 28.7. The van der Waals surface area contributed by atoms with E-state index in [4.69, 9.17) is 0 Å². The predicted molar refractivity (Wildman–Crippen MR) is 185 cm³/mol. The van der Waals surface area contributed by atoms with Crippen molar-refractivity contribution in [3.63, 3.8) is 0 Å². The first kappa shape index (κ1) is 33.0. The van der Waals surface area contributed by atoms with Gasteiger partial charge in [0.05, 0.1) is 28.1 Å². The molecule has 0 aliphatic carbocycles. The Hall–Kier alpha value is -4.94. The van der Waals surface area contributed by atoms with Gasteiger partial charge in [-0.2, -0.15) is 0 Å². The zero-order valence-electron chi connectivity index (χ0n) is 27.1. The molecule has 48 heavy (non-hydrogen) atoms. The van der Waals surface area contributed by atoms with Crippen LogP contribution in [0.4, 0.5) is 21.0 Å². The Kier molecular flexibility index (Phi) is 8.65. The van der Waals surface area contributed by atoms with E-state index in [0.717, 1.165) is 30.9 Å². The number of amides is 4. The van der Waals surface area contributed by atoms with Gasteiger partial charge in [-0.05, 0) is 82.6 Å². The molecule has 0 bridgehead atoms. The lowest BCUT2D eigenvalue weighted by Gasteiger charge is -2.34. The highest BCUT2D eigenvalue weighted by Crippen LogP contribution is 2.37.